The molecule has 4 nitrogen and oxygen atoms in total. The molecule has 0 fully saturated rings. The van der Waals surface area contributed by atoms with Gasteiger partial charge in [-0.15, -0.1) is 0 Å². The molecular formula is C13H11F3N2O2S. The minimum absolute atomic E-state index is 0.0577. The van der Waals surface area contributed by atoms with E-state index in [1.165, 1.54) is 0 Å². The Balaban J connectivity index is 2.63. The molecule has 0 aliphatic heterocycles. The fourth-order valence-electron chi connectivity index (χ4n) is 1.83. The quantitative estimate of drug-likeness (QED) is 0.884. The van der Waals surface area contributed by atoms with E-state index in [0.717, 1.165) is 11.6 Å². The minimum atomic E-state index is -4.66. The van der Waals surface area contributed by atoms with E-state index in [-0.39, 0.29) is 11.5 Å². The van der Waals surface area contributed by atoms with E-state index in [1.807, 2.05) is 0 Å². The first-order valence-corrected chi connectivity index (χ1v) is 7.26. The number of rotatable bonds is 3. The lowest BCUT2D eigenvalue weighted by atomic mass is 10.1. The number of thiol groups is 1. The highest BCUT2D eigenvalue weighted by Crippen LogP contribution is 2.31. The summed E-state index contributed by atoms with van der Waals surface area (Å²) in [6.07, 6.45) is -4.66. The van der Waals surface area contributed by atoms with E-state index in [4.69, 9.17) is 0 Å². The van der Waals surface area contributed by atoms with Gasteiger partial charge in [-0.25, -0.2) is 18.4 Å². The first kappa shape index (κ1) is 15.4. The number of aryl methyl sites for hydroxylation is 1. The molecule has 1 aromatic carbocycles. The van der Waals surface area contributed by atoms with Crippen LogP contribution >= 0.6 is 0 Å². The largest absolute Gasteiger partial charge is 0.433 e. The summed E-state index contributed by atoms with van der Waals surface area (Å²) in [6, 6.07) is 7.60. The Labute approximate surface area is 120 Å². The molecular weight excluding hydrogens is 305 g/mol. The Morgan fingerprint density at radius 2 is 1.81 bits per heavy atom. The van der Waals surface area contributed by atoms with Crippen LogP contribution in [-0.4, -0.2) is 18.4 Å². The summed E-state index contributed by atoms with van der Waals surface area (Å²) in [5, 5.41) is 0. The van der Waals surface area contributed by atoms with Crippen LogP contribution in [0.2, 0.25) is 0 Å². The maximum absolute atomic E-state index is 12.9. The zero-order chi connectivity index (χ0) is 15.6. The summed E-state index contributed by atoms with van der Waals surface area (Å²) < 4.78 is 60.0. The number of aromatic nitrogens is 2. The van der Waals surface area contributed by atoms with Gasteiger partial charge in [-0.1, -0.05) is 24.3 Å². The van der Waals surface area contributed by atoms with Crippen molar-refractivity contribution >= 4 is 10.7 Å². The Morgan fingerprint density at radius 1 is 1.14 bits per heavy atom. The molecule has 2 aromatic rings. The van der Waals surface area contributed by atoms with Crippen molar-refractivity contribution in [2.75, 3.05) is 0 Å². The molecule has 0 saturated carbocycles. The van der Waals surface area contributed by atoms with Gasteiger partial charge in [0.05, 0.1) is 5.69 Å². The SMILES string of the molecule is Cc1ccccc1-c1cc(C(F)(F)F)nc(C[SH](=O)=O)n1. The van der Waals surface area contributed by atoms with Crippen LogP contribution in [0.15, 0.2) is 30.3 Å². The van der Waals surface area contributed by atoms with Gasteiger partial charge in [-0.3, -0.25) is 0 Å². The van der Waals surface area contributed by atoms with Crippen molar-refractivity contribution in [1.82, 2.24) is 9.97 Å². The van der Waals surface area contributed by atoms with E-state index >= 15 is 0 Å². The lowest BCUT2D eigenvalue weighted by Gasteiger charge is -2.11. The molecule has 1 aromatic heterocycles. The average molecular weight is 316 g/mol. The molecule has 2 rings (SSSR count). The van der Waals surface area contributed by atoms with Crippen LogP contribution in [0.1, 0.15) is 17.1 Å². The van der Waals surface area contributed by atoms with Crippen LogP contribution in [0.4, 0.5) is 13.2 Å². The second-order valence-corrected chi connectivity index (χ2v) is 5.34. The third-order valence-corrected chi connectivity index (χ3v) is 3.30. The van der Waals surface area contributed by atoms with Crippen molar-refractivity contribution in [2.24, 2.45) is 0 Å². The summed E-state index contributed by atoms with van der Waals surface area (Å²) in [5.41, 5.74) is 0.152. The molecule has 0 aliphatic rings. The smallest absolute Gasteiger partial charge is 0.232 e. The predicted octanol–water partition coefficient (Wildman–Crippen LogP) is 2.58. The highest BCUT2D eigenvalue weighted by molar-refractivity contribution is 7.71. The van der Waals surface area contributed by atoms with Crippen molar-refractivity contribution < 1.29 is 21.6 Å². The molecule has 0 aliphatic carbocycles. The van der Waals surface area contributed by atoms with E-state index in [1.54, 1.807) is 31.2 Å². The van der Waals surface area contributed by atoms with E-state index in [9.17, 15) is 21.6 Å². The molecule has 0 N–H and O–H groups in total. The third-order valence-electron chi connectivity index (χ3n) is 2.75. The predicted molar refractivity (Wildman–Crippen MR) is 71.2 cm³/mol. The van der Waals surface area contributed by atoms with Gasteiger partial charge in [0, 0.05) is 5.56 Å². The number of nitrogens with zero attached hydrogens (tertiary/aromatic N) is 2. The summed E-state index contributed by atoms with van der Waals surface area (Å²) in [5.74, 6) is -0.989. The van der Waals surface area contributed by atoms with Gasteiger partial charge >= 0.3 is 6.18 Å². The van der Waals surface area contributed by atoms with E-state index < -0.39 is 28.3 Å². The molecule has 0 radical (unpaired) electrons. The van der Waals surface area contributed by atoms with Crippen LogP contribution < -0.4 is 0 Å². The monoisotopic (exact) mass is 316 g/mol. The lowest BCUT2D eigenvalue weighted by Crippen LogP contribution is -2.12. The minimum Gasteiger partial charge on any atom is -0.232 e. The van der Waals surface area contributed by atoms with Crippen molar-refractivity contribution in [1.29, 1.82) is 0 Å². The zero-order valence-electron chi connectivity index (χ0n) is 10.9. The molecule has 0 atom stereocenters. The highest BCUT2D eigenvalue weighted by Gasteiger charge is 2.33. The fraction of sp³-hybridized carbons (Fsp3) is 0.231. The number of halogens is 3. The number of benzene rings is 1. The van der Waals surface area contributed by atoms with Gasteiger partial charge in [0.15, 0.2) is 0 Å². The number of hydrogen-bond donors (Lipinski definition) is 1. The van der Waals surface area contributed by atoms with Gasteiger partial charge < -0.3 is 0 Å². The normalized spacial score (nSPS) is 11.9. The Bertz CT molecular complexity index is 734. The average Bonchev–Trinajstić information content (AvgIpc) is 2.37. The molecule has 8 heteroatoms. The standard InChI is InChI=1S/C13H11F3N2O2S/c1-8-4-2-3-5-9(8)10-6-11(13(14,15)16)18-12(17-10)7-21(19)20/h2-6,21H,7H2,1H3. The summed E-state index contributed by atoms with van der Waals surface area (Å²) >= 11 is 0. The van der Waals surface area contributed by atoms with E-state index in [2.05, 4.69) is 9.97 Å². The molecule has 0 spiro atoms. The van der Waals surface area contributed by atoms with Crippen LogP contribution in [0.25, 0.3) is 11.3 Å². The highest BCUT2D eigenvalue weighted by atomic mass is 32.2. The molecule has 0 unspecified atom stereocenters. The molecule has 1 heterocycles. The van der Waals surface area contributed by atoms with Gasteiger partial charge in [0.1, 0.15) is 28.0 Å². The number of alkyl halides is 3. The number of hydrogen-bond acceptors (Lipinski definition) is 4. The van der Waals surface area contributed by atoms with Crippen molar-refractivity contribution in [3.05, 3.63) is 47.4 Å². The first-order valence-electron chi connectivity index (χ1n) is 5.90. The van der Waals surface area contributed by atoms with Gasteiger partial charge in [0.2, 0.25) is 0 Å². The summed E-state index contributed by atoms with van der Waals surface area (Å²) in [6.45, 7) is 1.73. The van der Waals surface area contributed by atoms with Crippen LogP contribution in [-0.2, 0) is 22.6 Å². The van der Waals surface area contributed by atoms with Crippen LogP contribution in [0, 0.1) is 6.92 Å². The van der Waals surface area contributed by atoms with Crippen molar-refractivity contribution in [3.8, 4) is 11.3 Å². The Kier molecular flexibility index (Phi) is 4.26. The van der Waals surface area contributed by atoms with Crippen LogP contribution in [0.3, 0.4) is 0 Å². The van der Waals surface area contributed by atoms with Crippen molar-refractivity contribution in [2.45, 2.75) is 18.9 Å². The van der Waals surface area contributed by atoms with Crippen LogP contribution in [0.5, 0.6) is 0 Å². The fourth-order valence-corrected chi connectivity index (χ4v) is 2.20. The maximum atomic E-state index is 12.9. The lowest BCUT2D eigenvalue weighted by molar-refractivity contribution is -0.141. The van der Waals surface area contributed by atoms with Crippen molar-refractivity contribution in [3.63, 3.8) is 0 Å². The van der Waals surface area contributed by atoms with E-state index in [0.29, 0.717) is 5.56 Å². The zero-order valence-corrected chi connectivity index (χ0v) is 11.8. The molecule has 0 amide bonds. The topological polar surface area (TPSA) is 59.9 Å². The maximum Gasteiger partial charge on any atom is 0.433 e. The Hall–Kier alpha value is -1.96. The van der Waals surface area contributed by atoms with Gasteiger partial charge in [0.25, 0.3) is 0 Å². The second-order valence-electron chi connectivity index (χ2n) is 4.36. The Morgan fingerprint density at radius 3 is 2.38 bits per heavy atom. The van der Waals surface area contributed by atoms with Gasteiger partial charge in [-0.05, 0) is 18.6 Å². The first-order chi connectivity index (χ1) is 9.77. The molecule has 0 saturated heterocycles. The molecule has 21 heavy (non-hydrogen) atoms. The molecule has 112 valence electrons. The second kappa shape index (κ2) is 5.80. The molecule has 0 bridgehead atoms. The van der Waals surface area contributed by atoms with Gasteiger partial charge in [-0.2, -0.15) is 13.2 Å². The summed E-state index contributed by atoms with van der Waals surface area (Å²) in [4.78, 5) is 7.20. The third kappa shape index (κ3) is 3.78. The summed E-state index contributed by atoms with van der Waals surface area (Å²) in [7, 11) is -2.91.